The summed E-state index contributed by atoms with van der Waals surface area (Å²) in [5.41, 5.74) is 2.65. The SMILES string of the molecule is CCOC(=O)OCC1O[C@@H](Oc2nn(C(C)C)c(C)c2Cc2ccc(OC(C)C)cc2)C(O)C(O)[C@@H]1O. The Morgan fingerprint density at radius 3 is 2.32 bits per heavy atom. The lowest BCUT2D eigenvalue weighted by atomic mass is 9.99. The fourth-order valence-corrected chi connectivity index (χ4v) is 4.06. The highest BCUT2D eigenvalue weighted by Crippen LogP contribution is 2.31. The number of carbonyl (C=O) groups excluding carboxylic acids is 1. The van der Waals surface area contributed by atoms with E-state index in [1.165, 1.54) is 0 Å². The number of aromatic nitrogens is 2. The average Bonchev–Trinajstić information content (AvgIpc) is 3.14. The smallest absolute Gasteiger partial charge is 0.491 e. The van der Waals surface area contributed by atoms with Gasteiger partial charge in [0, 0.05) is 23.7 Å². The summed E-state index contributed by atoms with van der Waals surface area (Å²) in [5.74, 6) is 0.999. The van der Waals surface area contributed by atoms with Gasteiger partial charge in [0.05, 0.1) is 12.7 Å². The van der Waals surface area contributed by atoms with Crippen LogP contribution in [0.4, 0.5) is 4.79 Å². The number of rotatable bonds is 10. The maximum absolute atomic E-state index is 11.6. The van der Waals surface area contributed by atoms with Gasteiger partial charge >= 0.3 is 6.16 Å². The number of hydrogen-bond donors (Lipinski definition) is 3. The maximum atomic E-state index is 11.6. The molecule has 206 valence electrons. The van der Waals surface area contributed by atoms with E-state index in [2.05, 4.69) is 5.10 Å². The lowest BCUT2D eigenvalue weighted by Crippen LogP contribution is -2.60. The molecule has 11 heteroatoms. The summed E-state index contributed by atoms with van der Waals surface area (Å²) in [6, 6.07) is 7.76. The van der Waals surface area contributed by atoms with E-state index in [0.717, 1.165) is 22.6 Å². The van der Waals surface area contributed by atoms with Crippen LogP contribution in [0.5, 0.6) is 11.6 Å². The molecular formula is C26H38N2O9. The van der Waals surface area contributed by atoms with Crippen LogP contribution in [0.1, 0.15) is 57.5 Å². The Balaban J connectivity index is 1.82. The van der Waals surface area contributed by atoms with Crippen LogP contribution in [-0.2, 0) is 20.6 Å². The van der Waals surface area contributed by atoms with E-state index >= 15 is 0 Å². The minimum Gasteiger partial charge on any atom is -0.491 e. The van der Waals surface area contributed by atoms with Gasteiger partial charge < -0.3 is 39.0 Å². The van der Waals surface area contributed by atoms with Crippen molar-refractivity contribution in [2.45, 2.75) is 90.8 Å². The topological polar surface area (TPSA) is 142 Å². The third kappa shape index (κ3) is 7.13. The molecule has 1 aliphatic heterocycles. The van der Waals surface area contributed by atoms with Crippen molar-refractivity contribution in [3.05, 3.63) is 41.1 Å². The van der Waals surface area contributed by atoms with E-state index in [1.54, 1.807) is 6.92 Å². The van der Waals surface area contributed by atoms with Crippen molar-refractivity contribution in [3.63, 3.8) is 0 Å². The van der Waals surface area contributed by atoms with Gasteiger partial charge in [0.2, 0.25) is 12.2 Å². The third-order valence-electron chi connectivity index (χ3n) is 5.93. The van der Waals surface area contributed by atoms with Crippen LogP contribution in [-0.4, -0.2) is 81.3 Å². The van der Waals surface area contributed by atoms with Crippen molar-refractivity contribution in [1.82, 2.24) is 9.78 Å². The molecule has 3 rings (SSSR count). The van der Waals surface area contributed by atoms with E-state index in [-0.39, 0.29) is 24.6 Å². The monoisotopic (exact) mass is 522 g/mol. The molecule has 2 aromatic rings. The van der Waals surface area contributed by atoms with Crippen molar-refractivity contribution in [3.8, 4) is 11.6 Å². The first-order chi connectivity index (χ1) is 17.5. The molecule has 5 atom stereocenters. The molecule has 1 saturated heterocycles. The van der Waals surface area contributed by atoms with Gasteiger partial charge in [-0.1, -0.05) is 12.1 Å². The molecule has 1 aromatic heterocycles. The van der Waals surface area contributed by atoms with Gasteiger partial charge in [0.15, 0.2) is 0 Å². The van der Waals surface area contributed by atoms with Crippen LogP contribution in [0.25, 0.3) is 0 Å². The van der Waals surface area contributed by atoms with Crippen LogP contribution >= 0.6 is 0 Å². The fourth-order valence-electron chi connectivity index (χ4n) is 4.06. The Labute approximate surface area is 216 Å². The number of carbonyl (C=O) groups is 1. The van der Waals surface area contributed by atoms with Crippen molar-refractivity contribution < 1.29 is 43.8 Å². The Hall–Kier alpha value is -2.86. The van der Waals surface area contributed by atoms with Crippen molar-refractivity contribution in [2.24, 2.45) is 0 Å². The largest absolute Gasteiger partial charge is 0.508 e. The maximum Gasteiger partial charge on any atom is 0.508 e. The summed E-state index contributed by atoms with van der Waals surface area (Å²) in [7, 11) is 0. The van der Waals surface area contributed by atoms with Gasteiger partial charge in [-0.05, 0) is 59.2 Å². The summed E-state index contributed by atoms with van der Waals surface area (Å²) in [4.78, 5) is 11.6. The zero-order valence-electron chi connectivity index (χ0n) is 22.2. The molecule has 0 amide bonds. The minimum atomic E-state index is -1.60. The summed E-state index contributed by atoms with van der Waals surface area (Å²) in [6.45, 7) is 11.2. The molecule has 0 spiro atoms. The second-order valence-electron chi connectivity index (χ2n) is 9.52. The number of hydrogen-bond acceptors (Lipinski definition) is 10. The molecule has 11 nitrogen and oxygen atoms in total. The highest BCUT2D eigenvalue weighted by molar-refractivity contribution is 5.59. The highest BCUT2D eigenvalue weighted by Gasteiger charge is 2.46. The molecule has 0 radical (unpaired) electrons. The number of aliphatic hydroxyl groups is 3. The number of ether oxygens (including phenoxy) is 5. The van der Waals surface area contributed by atoms with E-state index in [1.807, 2.05) is 63.6 Å². The van der Waals surface area contributed by atoms with E-state index in [9.17, 15) is 20.1 Å². The number of aliphatic hydroxyl groups excluding tert-OH is 3. The molecule has 0 aliphatic carbocycles. The van der Waals surface area contributed by atoms with Crippen molar-refractivity contribution >= 4 is 6.16 Å². The fraction of sp³-hybridized carbons (Fsp3) is 0.615. The Morgan fingerprint density at radius 2 is 1.73 bits per heavy atom. The lowest BCUT2D eigenvalue weighted by Gasteiger charge is -2.39. The molecular weight excluding hydrogens is 484 g/mol. The normalized spacial score (nSPS) is 23.8. The van der Waals surface area contributed by atoms with Gasteiger partial charge in [-0.2, -0.15) is 0 Å². The van der Waals surface area contributed by atoms with E-state index in [0.29, 0.717) is 6.42 Å². The first-order valence-corrected chi connectivity index (χ1v) is 12.5. The van der Waals surface area contributed by atoms with Crippen molar-refractivity contribution in [1.29, 1.82) is 0 Å². The van der Waals surface area contributed by atoms with Crippen LogP contribution in [0, 0.1) is 6.92 Å². The summed E-state index contributed by atoms with van der Waals surface area (Å²) >= 11 is 0. The van der Waals surface area contributed by atoms with Crippen LogP contribution in [0.2, 0.25) is 0 Å². The highest BCUT2D eigenvalue weighted by atomic mass is 16.7. The molecule has 1 fully saturated rings. The molecule has 1 aliphatic rings. The Bertz CT molecular complexity index is 1020. The van der Waals surface area contributed by atoms with E-state index in [4.69, 9.17) is 23.7 Å². The molecule has 37 heavy (non-hydrogen) atoms. The zero-order chi connectivity index (χ0) is 27.3. The molecule has 0 saturated carbocycles. The molecule has 3 unspecified atom stereocenters. The van der Waals surface area contributed by atoms with Gasteiger partial charge in [-0.15, -0.1) is 5.10 Å². The quantitative estimate of drug-likeness (QED) is 0.399. The second-order valence-corrected chi connectivity index (χ2v) is 9.52. The van der Waals surface area contributed by atoms with Crippen LogP contribution < -0.4 is 9.47 Å². The van der Waals surface area contributed by atoms with Gasteiger partial charge in [0.25, 0.3) is 0 Å². The van der Waals surface area contributed by atoms with Crippen LogP contribution in [0.3, 0.4) is 0 Å². The molecule has 1 aromatic carbocycles. The second kappa shape index (κ2) is 12.6. The molecule has 2 heterocycles. The lowest BCUT2D eigenvalue weighted by molar-refractivity contribution is -0.278. The molecule has 3 N–H and O–H groups in total. The van der Waals surface area contributed by atoms with Gasteiger partial charge in [-0.25, -0.2) is 4.79 Å². The zero-order valence-corrected chi connectivity index (χ0v) is 22.2. The Kier molecular flexibility index (Phi) is 9.77. The van der Waals surface area contributed by atoms with E-state index < -0.39 is 43.5 Å². The Morgan fingerprint density at radius 1 is 1.05 bits per heavy atom. The summed E-state index contributed by atoms with van der Waals surface area (Å²) in [6.07, 6.45) is -7.58. The predicted molar refractivity (Wildman–Crippen MR) is 133 cm³/mol. The standard InChI is InChI=1S/C26H38N2O9/c1-7-33-26(32)34-13-20-21(29)22(30)23(31)25(36-20)37-24-19(16(6)28(27-24)14(2)3)12-17-8-10-18(11-9-17)35-15(4)5/h8-11,14-15,20-23,25,29-31H,7,12-13H2,1-6H3/t20?,21-,22?,23?,25+/m1/s1. The van der Waals surface area contributed by atoms with Crippen molar-refractivity contribution in [2.75, 3.05) is 13.2 Å². The van der Waals surface area contributed by atoms with Crippen LogP contribution in [0.15, 0.2) is 24.3 Å². The number of benzene rings is 1. The minimum absolute atomic E-state index is 0.0354. The summed E-state index contributed by atoms with van der Waals surface area (Å²) in [5, 5.41) is 35.9. The van der Waals surface area contributed by atoms with Gasteiger partial charge in [-0.3, -0.25) is 4.68 Å². The average molecular weight is 523 g/mol. The third-order valence-corrected chi connectivity index (χ3v) is 5.93. The first kappa shape index (κ1) is 28.7. The number of nitrogens with zero attached hydrogens (tertiary/aromatic N) is 2. The predicted octanol–water partition coefficient (Wildman–Crippen LogP) is 2.51. The first-order valence-electron chi connectivity index (χ1n) is 12.5. The molecule has 0 bridgehead atoms. The van der Waals surface area contributed by atoms with Gasteiger partial charge in [0.1, 0.15) is 36.8 Å². The summed E-state index contributed by atoms with van der Waals surface area (Å²) < 4.78 is 28.9.